The number of nitrogens with zero attached hydrogens (tertiary/aromatic N) is 3. The molecule has 0 radical (unpaired) electrons. The van der Waals surface area contributed by atoms with Gasteiger partial charge in [-0.2, -0.15) is 0 Å². The van der Waals surface area contributed by atoms with Crippen LogP contribution in [-0.4, -0.2) is 31.1 Å². The van der Waals surface area contributed by atoms with Crippen molar-refractivity contribution in [2.45, 2.75) is 0 Å². The van der Waals surface area contributed by atoms with Crippen molar-refractivity contribution >= 4 is 11.5 Å². The molecule has 0 unspecified atom stereocenters. The van der Waals surface area contributed by atoms with Gasteiger partial charge < -0.3 is 10.2 Å². The molecular weight excluding hydrogens is 212 g/mol. The van der Waals surface area contributed by atoms with Crippen LogP contribution in [0.25, 0.3) is 11.3 Å². The molecule has 1 aromatic heterocycles. The average molecular weight is 228 g/mol. The third kappa shape index (κ3) is 2.53. The predicted molar refractivity (Wildman–Crippen MR) is 71.3 cm³/mol. The first-order chi connectivity index (χ1) is 8.20. The zero-order chi connectivity index (χ0) is 12.3. The summed E-state index contributed by atoms with van der Waals surface area (Å²) in [4.78, 5) is 10.7. The molecule has 2 aromatic rings. The van der Waals surface area contributed by atoms with Crippen LogP contribution in [0.3, 0.4) is 0 Å². The molecule has 88 valence electrons. The fourth-order valence-corrected chi connectivity index (χ4v) is 1.57. The second kappa shape index (κ2) is 4.82. The Morgan fingerprint density at radius 3 is 2.71 bits per heavy atom. The normalized spacial score (nSPS) is 10.1. The molecule has 4 heteroatoms. The van der Waals surface area contributed by atoms with Crippen LogP contribution in [0, 0.1) is 0 Å². The Labute approximate surface area is 101 Å². The molecular formula is C13H16N4. The fraction of sp³-hybridized carbons (Fsp3) is 0.231. The van der Waals surface area contributed by atoms with Gasteiger partial charge in [-0.25, -0.2) is 4.98 Å². The molecule has 2 rings (SSSR count). The minimum absolute atomic E-state index is 0.776. The van der Waals surface area contributed by atoms with Gasteiger partial charge in [0, 0.05) is 32.4 Å². The van der Waals surface area contributed by atoms with Crippen LogP contribution < -0.4 is 10.2 Å². The van der Waals surface area contributed by atoms with E-state index < -0.39 is 0 Å². The van der Waals surface area contributed by atoms with Crippen LogP contribution in [0.15, 0.2) is 36.7 Å². The van der Waals surface area contributed by atoms with Gasteiger partial charge in [0.25, 0.3) is 0 Å². The van der Waals surface area contributed by atoms with E-state index in [1.807, 2.05) is 33.3 Å². The molecule has 0 atom stereocenters. The number of aromatic nitrogens is 2. The van der Waals surface area contributed by atoms with Crippen molar-refractivity contribution in [1.29, 1.82) is 0 Å². The van der Waals surface area contributed by atoms with Crippen LogP contribution in [0.1, 0.15) is 0 Å². The van der Waals surface area contributed by atoms with Crippen molar-refractivity contribution in [3.05, 3.63) is 36.7 Å². The van der Waals surface area contributed by atoms with Gasteiger partial charge in [-0.05, 0) is 12.1 Å². The number of nitrogens with one attached hydrogen (secondary N) is 1. The summed E-state index contributed by atoms with van der Waals surface area (Å²) in [7, 11) is 5.88. The molecule has 1 N–H and O–H groups in total. The topological polar surface area (TPSA) is 41.1 Å². The maximum absolute atomic E-state index is 4.47. The Bertz CT molecular complexity index is 508. The summed E-state index contributed by atoms with van der Waals surface area (Å²) in [6.45, 7) is 0. The zero-order valence-corrected chi connectivity index (χ0v) is 10.3. The smallest absolute Gasteiger partial charge is 0.144 e. The minimum atomic E-state index is 0.776. The van der Waals surface area contributed by atoms with Crippen LogP contribution >= 0.6 is 0 Å². The fourth-order valence-electron chi connectivity index (χ4n) is 1.57. The quantitative estimate of drug-likeness (QED) is 0.874. The molecule has 1 aromatic carbocycles. The van der Waals surface area contributed by atoms with E-state index >= 15 is 0 Å². The molecule has 0 saturated carbocycles. The van der Waals surface area contributed by atoms with E-state index in [4.69, 9.17) is 0 Å². The van der Waals surface area contributed by atoms with E-state index in [1.54, 1.807) is 12.4 Å². The summed E-state index contributed by atoms with van der Waals surface area (Å²) >= 11 is 0. The zero-order valence-electron chi connectivity index (χ0n) is 10.3. The summed E-state index contributed by atoms with van der Waals surface area (Å²) < 4.78 is 0. The second-order valence-corrected chi connectivity index (χ2v) is 3.98. The molecule has 0 fully saturated rings. The van der Waals surface area contributed by atoms with Gasteiger partial charge in [0.1, 0.15) is 5.82 Å². The van der Waals surface area contributed by atoms with Gasteiger partial charge in [-0.15, -0.1) is 0 Å². The van der Waals surface area contributed by atoms with E-state index in [2.05, 4.69) is 32.3 Å². The van der Waals surface area contributed by atoms with Crippen LogP contribution in [0.4, 0.5) is 11.5 Å². The van der Waals surface area contributed by atoms with Crippen molar-refractivity contribution < 1.29 is 0 Å². The maximum atomic E-state index is 4.47. The Morgan fingerprint density at radius 1 is 1.18 bits per heavy atom. The highest BCUT2D eigenvalue weighted by Crippen LogP contribution is 2.22. The molecule has 0 bridgehead atoms. The minimum Gasteiger partial charge on any atom is -0.378 e. The van der Waals surface area contributed by atoms with Gasteiger partial charge >= 0.3 is 0 Å². The number of rotatable bonds is 3. The molecule has 4 nitrogen and oxygen atoms in total. The third-order valence-electron chi connectivity index (χ3n) is 2.55. The highest BCUT2D eigenvalue weighted by Gasteiger charge is 2.03. The van der Waals surface area contributed by atoms with E-state index in [0.29, 0.717) is 0 Å². The van der Waals surface area contributed by atoms with E-state index in [-0.39, 0.29) is 0 Å². The summed E-state index contributed by atoms with van der Waals surface area (Å²) in [6.07, 6.45) is 3.48. The predicted octanol–water partition coefficient (Wildman–Crippen LogP) is 2.25. The summed E-state index contributed by atoms with van der Waals surface area (Å²) in [5.74, 6) is 0.776. The molecule has 0 spiro atoms. The summed E-state index contributed by atoms with van der Waals surface area (Å²) in [5, 5.41) is 2.99. The van der Waals surface area contributed by atoms with Gasteiger partial charge in [0.15, 0.2) is 0 Å². The monoisotopic (exact) mass is 228 g/mol. The van der Waals surface area contributed by atoms with E-state index in [9.17, 15) is 0 Å². The summed E-state index contributed by atoms with van der Waals surface area (Å²) in [6, 6.07) is 8.23. The van der Waals surface area contributed by atoms with Gasteiger partial charge in [-0.1, -0.05) is 12.1 Å². The molecule has 0 aliphatic carbocycles. The van der Waals surface area contributed by atoms with Gasteiger partial charge in [-0.3, -0.25) is 4.98 Å². The lowest BCUT2D eigenvalue weighted by Gasteiger charge is -2.13. The van der Waals surface area contributed by atoms with E-state index in [1.165, 1.54) is 0 Å². The highest BCUT2D eigenvalue weighted by molar-refractivity contribution is 5.65. The Kier molecular flexibility index (Phi) is 3.23. The number of benzene rings is 1. The second-order valence-electron chi connectivity index (χ2n) is 3.98. The Balaban J connectivity index is 2.41. The standard InChI is InChI=1S/C13H16N4/c1-14-13-9-15-8-12(16-13)10-5-4-6-11(7-10)17(2)3/h4-9H,1-3H3,(H,14,16). The molecule has 1 heterocycles. The number of hydrogen-bond donors (Lipinski definition) is 1. The first-order valence-corrected chi connectivity index (χ1v) is 5.48. The number of hydrogen-bond acceptors (Lipinski definition) is 4. The highest BCUT2D eigenvalue weighted by atomic mass is 15.1. The van der Waals surface area contributed by atoms with Crippen molar-refractivity contribution in [3.8, 4) is 11.3 Å². The van der Waals surface area contributed by atoms with Crippen molar-refractivity contribution in [2.24, 2.45) is 0 Å². The lowest BCUT2D eigenvalue weighted by atomic mass is 10.1. The number of anilines is 2. The van der Waals surface area contributed by atoms with Crippen molar-refractivity contribution in [2.75, 3.05) is 31.4 Å². The Hall–Kier alpha value is -2.10. The van der Waals surface area contributed by atoms with Crippen LogP contribution in [-0.2, 0) is 0 Å². The molecule has 0 aliphatic rings. The maximum Gasteiger partial charge on any atom is 0.144 e. The molecule has 0 aliphatic heterocycles. The SMILES string of the molecule is CNc1cncc(-c2cccc(N(C)C)c2)n1. The van der Waals surface area contributed by atoms with Crippen LogP contribution in [0.5, 0.6) is 0 Å². The summed E-state index contributed by atoms with van der Waals surface area (Å²) in [5.41, 5.74) is 3.10. The lowest BCUT2D eigenvalue weighted by Crippen LogP contribution is -2.08. The van der Waals surface area contributed by atoms with Gasteiger partial charge in [0.05, 0.1) is 18.1 Å². The van der Waals surface area contributed by atoms with E-state index in [0.717, 1.165) is 22.8 Å². The molecule has 0 saturated heterocycles. The lowest BCUT2D eigenvalue weighted by molar-refractivity contribution is 1.13. The average Bonchev–Trinajstić information content (AvgIpc) is 2.39. The Morgan fingerprint density at radius 2 is 2.00 bits per heavy atom. The van der Waals surface area contributed by atoms with Crippen LogP contribution in [0.2, 0.25) is 0 Å². The largest absolute Gasteiger partial charge is 0.378 e. The van der Waals surface area contributed by atoms with Crippen molar-refractivity contribution in [3.63, 3.8) is 0 Å². The van der Waals surface area contributed by atoms with Crippen molar-refractivity contribution in [1.82, 2.24) is 9.97 Å². The first kappa shape index (κ1) is 11.4. The molecule has 17 heavy (non-hydrogen) atoms. The van der Waals surface area contributed by atoms with Gasteiger partial charge in [0.2, 0.25) is 0 Å². The first-order valence-electron chi connectivity index (χ1n) is 5.48. The third-order valence-corrected chi connectivity index (χ3v) is 2.55. The molecule has 0 amide bonds.